The van der Waals surface area contributed by atoms with Gasteiger partial charge in [-0.15, -0.1) is 11.3 Å². The lowest BCUT2D eigenvalue weighted by Gasteiger charge is -2.32. The molecule has 0 amide bonds. The van der Waals surface area contributed by atoms with E-state index in [-0.39, 0.29) is 0 Å². The number of hydrogen-bond acceptors (Lipinski definition) is 3. The van der Waals surface area contributed by atoms with Crippen LogP contribution in [-0.2, 0) is 5.41 Å². The Balaban J connectivity index is 0.863. The smallest absolute Gasteiger partial charge is 0.145 e. The van der Waals surface area contributed by atoms with E-state index in [9.17, 15) is 0 Å². The molecular weight excluding hydrogens is 953 g/mol. The van der Waals surface area contributed by atoms with Crippen LogP contribution in [0.5, 0.6) is 0 Å². The third kappa shape index (κ3) is 5.96. The molecule has 3 nitrogen and oxygen atoms in total. The number of benzene rings is 12. The highest BCUT2D eigenvalue weighted by molar-refractivity contribution is 7.25. The van der Waals surface area contributed by atoms with E-state index in [2.05, 4.69) is 276 Å². The molecule has 2 aliphatic carbocycles. The Hall–Kier alpha value is -9.74. The summed E-state index contributed by atoms with van der Waals surface area (Å²) in [5.41, 5.74) is 23.0. The first-order valence-electron chi connectivity index (χ1n) is 26.5. The van der Waals surface area contributed by atoms with E-state index >= 15 is 0 Å². The summed E-state index contributed by atoms with van der Waals surface area (Å²) in [6.07, 6.45) is 0. The molecule has 0 N–H and O–H groups in total. The minimum atomic E-state index is -0.466. The summed E-state index contributed by atoms with van der Waals surface area (Å²) in [6, 6.07) is 98.7. The second-order valence-corrected chi connectivity index (χ2v) is 21.7. The number of furan rings is 1. The van der Waals surface area contributed by atoms with Crippen molar-refractivity contribution in [2.24, 2.45) is 0 Å². The van der Waals surface area contributed by atoms with E-state index in [0.717, 1.165) is 66.8 Å². The average molecular weight is 997 g/mol. The number of hydrogen-bond donors (Lipinski definition) is 0. The topological polar surface area (TPSA) is 21.3 Å². The fraction of sp³-hybridized carbons (Fsp3) is 0.0137. The maximum Gasteiger partial charge on any atom is 0.145 e. The van der Waals surface area contributed by atoms with Gasteiger partial charge in [0.2, 0.25) is 0 Å². The molecule has 3 heterocycles. The van der Waals surface area contributed by atoms with Crippen molar-refractivity contribution in [1.29, 1.82) is 0 Å². The molecule has 1 spiro atoms. The summed E-state index contributed by atoms with van der Waals surface area (Å²) >= 11 is 1.85. The summed E-state index contributed by atoms with van der Waals surface area (Å²) in [4.78, 5) is 2.43. The van der Waals surface area contributed by atoms with Gasteiger partial charge in [0.1, 0.15) is 11.2 Å². The summed E-state index contributed by atoms with van der Waals surface area (Å²) < 4.78 is 12.1. The summed E-state index contributed by atoms with van der Waals surface area (Å²) in [5, 5.41) is 7.19. The Morgan fingerprint density at radius 2 is 0.896 bits per heavy atom. The zero-order valence-electron chi connectivity index (χ0n) is 41.6. The van der Waals surface area contributed by atoms with Crippen LogP contribution in [0.25, 0.3) is 114 Å². The van der Waals surface area contributed by atoms with Crippen molar-refractivity contribution < 1.29 is 4.42 Å². The lowest BCUT2D eigenvalue weighted by molar-refractivity contribution is 0.670. The molecule has 77 heavy (non-hydrogen) atoms. The normalized spacial score (nSPS) is 13.0. The van der Waals surface area contributed by atoms with Crippen LogP contribution in [0.2, 0.25) is 0 Å². The fourth-order valence-electron chi connectivity index (χ4n) is 13.6. The molecule has 0 saturated heterocycles. The second-order valence-electron chi connectivity index (χ2n) is 20.7. The molecule has 0 radical (unpaired) electrons. The number of nitrogens with zero attached hydrogens (tertiary/aromatic N) is 2. The van der Waals surface area contributed by atoms with Gasteiger partial charge in [-0.25, -0.2) is 0 Å². The average Bonchev–Trinajstić information content (AvgIpc) is 4.39. The molecule has 4 heteroatoms. The standard InChI is InChI=1S/C73H44N2OS/c1-2-16-45(17-3-1)46-30-34-48(35-31-46)74(51-38-40-55-54-20-6-12-26-64(54)73(65(55)43-51)62-24-10-4-18-52(62)53-19-5-11-25-63(53)73)49-36-32-47(33-37-49)59-44-61-56-21-7-13-27-66(56)75(71(61)70-58-23-8-14-28-67(58)76-72(59)70)50-39-41-69-60(42-50)57-22-9-15-29-68(57)77-69/h1-44H. The van der Waals surface area contributed by atoms with Gasteiger partial charge in [0.15, 0.2) is 0 Å². The molecule has 0 atom stereocenters. The zero-order valence-corrected chi connectivity index (χ0v) is 42.4. The van der Waals surface area contributed by atoms with Gasteiger partial charge in [-0.3, -0.25) is 0 Å². The molecule has 0 unspecified atom stereocenters. The van der Waals surface area contributed by atoms with Crippen molar-refractivity contribution in [1.82, 2.24) is 4.57 Å². The minimum Gasteiger partial charge on any atom is -0.455 e. The monoisotopic (exact) mass is 996 g/mol. The molecular formula is C73H44N2OS. The number of anilines is 3. The van der Waals surface area contributed by atoms with E-state index in [0.29, 0.717) is 0 Å². The highest BCUT2D eigenvalue weighted by Gasteiger charge is 2.51. The van der Waals surface area contributed by atoms with Crippen LogP contribution >= 0.6 is 11.3 Å². The molecule has 358 valence electrons. The summed E-state index contributed by atoms with van der Waals surface area (Å²) in [7, 11) is 0. The van der Waals surface area contributed by atoms with E-state index in [4.69, 9.17) is 4.42 Å². The maximum atomic E-state index is 7.06. The Morgan fingerprint density at radius 3 is 1.61 bits per heavy atom. The van der Waals surface area contributed by atoms with Gasteiger partial charge in [-0.1, -0.05) is 188 Å². The zero-order chi connectivity index (χ0) is 50.3. The second kappa shape index (κ2) is 16.1. The van der Waals surface area contributed by atoms with Gasteiger partial charge in [0.25, 0.3) is 0 Å². The highest BCUT2D eigenvalue weighted by atomic mass is 32.1. The Bertz CT molecular complexity index is 4860. The first kappa shape index (κ1) is 42.6. The summed E-state index contributed by atoms with van der Waals surface area (Å²) in [6.45, 7) is 0. The maximum absolute atomic E-state index is 7.06. The highest BCUT2D eigenvalue weighted by Crippen LogP contribution is 2.63. The van der Waals surface area contributed by atoms with Crippen LogP contribution in [-0.4, -0.2) is 4.57 Å². The quantitative estimate of drug-likeness (QED) is 0.166. The van der Waals surface area contributed by atoms with E-state index in [1.165, 1.54) is 86.6 Å². The van der Waals surface area contributed by atoms with Crippen LogP contribution in [0.4, 0.5) is 17.1 Å². The van der Waals surface area contributed by atoms with Crippen LogP contribution in [0.15, 0.2) is 271 Å². The van der Waals surface area contributed by atoms with Crippen LogP contribution in [0, 0.1) is 0 Å². The SMILES string of the molecule is c1ccc(-c2ccc(N(c3ccc(-c4cc5c6ccccc6n(-c6ccc7sc8ccccc8c7c6)c5c5c4oc4ccccc45)cc3)c3ccc4c(c3)C3(c5ccccc5-c5ccccc53)c3ccccc3-4)cc2)cc1. The first-order chi connectivity index (χ1) is 38.2. The fourth-order valence-corrected chi connectivity index (χ4v) is 14.7. The van der Waals surface area contributed by atoms with Crippen molar-refractivity contribution in [3.8, 4) is 50.2 Å². The third-order valence-corrected chi connectivity index (χ3v) is 18.0. The number of aromatic nitrogens is 1. The molecule has 0 aliphatic heterocycles. The Labute approximate surface area is 448 Å². The van der Waals surface area contributed by atoms with Crippen molar-refractivity contribution in [2.75, 3.05) is 4.90 Å². The predicted molar refractivity (Wildman–Crippen MR) is 323 cm³/mol. The largest absolute Gasteiger partial charge is 0.455 e. The molecule has 0 saturated carbocycles. The minimum absolute atomic E-state index is 0.466. The van der Waals surface area contributed by atoms with Gasteiger partial charge in [-0.2, -0.15) is 0 Å². The molecule has 15 aromatic rings. The van der Waals surface area contributed by atoms with Gasteiger partial charge >= 0.3 is 0 Å². The number of rotatable bonds is 6. The number of thiophene rings is 1. The number of fused-ring (bicyclic) bond motifs is 20. The molecule has 0 bridgehead atoms. The molecule has 0 fully saturated rings. The Kier molecular flexibility index (Phi) is 8.92. The van der Waals surface area contributed by atoms with Crippen molar-refractivity contribution in [2.45, 2.75) is 5.41 Å². The van der Waals surface area contributed by atoms with Crippen LogP contribution < -0.4 is 4.90 Å². The third-order valence-electron chi connectivity index (χ3n) is 16.8. The van der Waals surface area contributed by atoms with Gasteiger partial charge in [-0.05, 0) is 140 Å². The van der Waals surface area contributed by atoms with Crippen molar-refractivity contribution in [3.63, 3.8) is 0 Å². The molecule has 3 aromatic heterocycles. The van der Waals surface area contributed by atoms with Crippen LogP contribution in [0.3, 0.4) is 0 Å². The number of para-hydroxylation sites is 2. The predicted octanol–water partition coefficient (Wildman–Crippen LogP) is 20.2. The van der Waals surface area contributed by atoms with E-state index in [1.807, 2.05) is 11.3 Å². The summed E-state index contributed by atoms with van der Waals surface area (Å²) in [5.74, 6) is 0. The van der Waals surface area contributed by atoms with Gasteiger partial charge in [0, 0.05) is 64.6 Å². The molecule has 17 rings (SSSR count). The van der Waals surface area contributed by atoms with Crippen molar-refractivity contribution >= 4 is 92.3 Å². The first-order valence-corrected chi connectivity index (χ1v) is 27.3. The Morgan fingerprint density at radius 1 is 0.351 bits per heavy atom. The lowest BCUT2D eigenvalue weighted by atomic mass is 9.70. The molecule has 12 aromatic carbocycles. The van der Waals surface area contributed by atoms with Crippen molar-refractivity contribution in [3.05, 3.63) is 289 Å². The lowest BCUT2D eigenvalue weighted by Crippen LogP contribution is -2.26. The van der Waals surface area contributed by atoms with Gasteiger partial charge in [0.05, 0.1) is 21.8 Å². The van der Waals surface area contributed by atoms with Gasteiger partial charge < -0.3 is 13.9 Å². The van der Waals surface area contributed by atoms with E-state index < -0.39 is 5.41 Å². The van der Waals surface area contributed by atoms with Crippen LogP contribution in [0.1, 0.15) is 22.3 Å². The van der Waals surface area contributed by atoms with E-state index in [1.54, 1.807) is 0 Å². The molecule has 2 aliphatic rings.